The molecule has 2 rings (SSSR count). The summed E-state index contributed by atoms with van der Waals surface area (Å²) in [5.74, 6) is -0.390. The SMILES string of the molecule is O=C(/C=C\c1cccnc1)c1cc(Cl)ccc1O. The van der Waals surface area contributed by atoms with Gasteiger partial charge in [-0.25, -0.2) is 0 Å². The Morgan fingerprint density at radius 3 is 2.89 bits per heavy atom. The smallest absolute Gasteiger partial charge is 0.189 e. The highest BCUT2D eigenvalue weighted by Gasteiger charge is 2.08. The zero-order valence-electron chi connectivity index (χ0n) is 9.38. The van der Waals surface area contributed by atoms with E-state index in [1.165, 1.54) is 24.3 Å². The van der Waals surface area contributed by atoms with Gasteiger partial charge < -0.3 is 5.11 Å². The summed E-state index contributed by atoms with van der Waals surface area (Å²) in [4.78, 5) is 15.8. The van der Waals surface area contributed by atoms with E-state index < -0.39 is 0 Å². The Hall–Kier alpha value is -2.13. The lowest BCUT2D eigenvalue weighted by Gasteiger charge is -2.00. The number of phenolic OH excluding ortho intramolecular Hbond substituents is 1. The van der Waals surface area contributed by atoms with E-state index in [4.69, 9.17) is 11.6 Å². The van der Waals surface area contributed by atoms with Gasteiger partial charge >= 0.3 is 0 Å². The van der Waals surface area contributed by atoms with Crippen LogP contribution in [0.5, 0.6) is 5.75 Å². The minimum absolute atomic E-state index is 0.0831. The summed E-state index contributed by atoms with van der Waals surface area (Å²) >= 11 is 5.78. The second-order valence-corrected chi connectivity index (χ2v) is 4.08. The molecule has 0 saturated heterocycles. The first kappa shape index (κ1) is 12.3. The molecular formula is C14H10ClNO2. The molecule has 0 unspecified atom stereocenters. The maximum absolute atomic E-state index is 11.9. The molecule has 4 heteroatoms. The summed E-state index contributed by atoms with van der Waals surface area (Å²) in [6.07, 6.45) is 6.31. The van der Waals surface area contributed by atoms with E-state index in [1.807, 2.05) is 6.07 Å². The van der Waals surface area contributed by atoms with Gasteiger partial charge in [-0.15, -0.1) is 0 Å². The van der Waals surface area contributed by atoms with Crippen molar-refractivity contribution in [2.24, 2.45) is 0 Å². The van der Waals surface area contributed by atoms with Crippen molar-refractivity contribution in [1.82, 2.24) is 4.98 Å². The second-order valence-electron chi connectivity index (χ2n) is 3.65. The first-order chi connectivity index (χ1) is 8.66. The number of hydrogen-bond acceptors (Lipinski definition) is 3. The summed E-state index contributed by atoms with van der Waals surface area (Å²) in [5.41, 5.74) is 0.995. The summed E-state index contributed by atoms with van der Waals surface area (Å²) < 4.78 is 0. The Bertz CT molecular complexity index is 594. The quantitative estimate of drug-likeness (QED) is 0.679. The van der Waals surface area contributed by atoms with Gasteiger partial charge in [0, 0.05) is 17.4 Å². The Morgan fingerprint density at radius 2 is 2.17 bits per heavy atom. The number of allylic oxidation sites excluding steroid dienone is 1. The molecule has 1 aromatic carbocycles. The van der Waals surface area contributed by atoms with Crippen LogP contribution in [-0.2, 0) is 0 Å². The Balaban J connectivity index is 2.22. The number of carbonyl (C=O) groups excluding carboxylic acids is 1. The number of aromatic hydroxyl groups is 1. The van der Waals surface area contributed by atoms with Crippen molar-refractivity contribution in [3.63, 3.8) is 0 Å². The van der Waals surface area contributed by atoms with Gasteiger partial charge in [0.05, 0.1) is 5.56 Å². The lowest BCUT2D eigenvalue weighted by atomic mass is 10.1. The molecule has 0 aliphatic heterocycles. The zero-order valence-corrected chi connectivity index (χ0v) is 10.1. The summed E-state index contributed by atoms with van der Waals surface area (Å²) in [6.45, 7) is 0. The molecule has 0 amide bonds. The molecule has 2 aromatic rings. The van der Waals surface area contributed by atoms with Crippen molar-refractivity contribution in [2.75, 3.05) is 0 Å². The first-order valence-electron chi connectivity index (χ1n) is 5.28. The molecule has 1 heterocycles. The molecule has 1 aromatic heterocycles. The highest BCUT2D eigenvalue weighted by molar-refractivity contribution is 6.31. The van der Waals surface area contributed by atoms with Crippen LogP contribution >= 0.6 is 11.6 Å². The van der Waals surface area contributed by atoms with Gasteiger partial charge in [-0.2, -0.15) is 0 Å². The average Bonchev–Trinajstić information content (AvgIpc) is 2.40. The maximum Gasteiger partial charge on any atom is 0.189 e. The maximum atomic E-state index is 11.9. The van der Waals surface area contributed by atoms with Crippen molar-refractivity contribution >= 4 is 23.5 Å². The fourth-order valence-electron chi connectivity index (χ4n) is 1.44. The summed E-state index contributed by atoms with van der Waals surface area (Å²) in [6, 6.07) is 7.97. The number of hydrogen-bond donors (Lipinski definition) is 1. The van der Waals surface area contributed by atoms with E-state index in [-0.39, 0.29) is 17.1 Å². The number of phenols is 1. The van der Waals surface area contributed by atoms with Crippen molar-refractivity contribution in [3.8, 4) is 5.75 Å². The van der Waals surface area contributed by atoms with Crippen molar-refractivity contribution in [2.45, 2.75) is 0 Å². The third-order valence-corrected chi connectivity index (χ3v) is 2.57. The molecule has 90 valence electrons. The topological polar surface area (TPSA) is 50.2 Å². The molecule has 18 heavy (non-hydrogen) atoms. The molecule has 0 fully saturated rings. The molecule has 0 atom stereocenters. The van der Waals surface area contributed by atoms with E-state index >= 15 is 0 Å². The normalized spacial score (nSPS) is 10.7. The first-order valence-corrected chi connectivity index (χ1v) is 5.65. The molecule has 0 spiro atoms. The Morgan fingerprint density at radius 1 is 1.33 bits per heavy atom. The standard InChI is InChI=1S/C14H10ClNO2/c15-11-4-6-14(18)12(8-11)13(17)5-3-10-2-1-7-16-9-10/h1-9,18H/b5-3-. The summed E-state index contributed by atoms with van der Waals surface area (Å²) in [5, 5.41) is 9.99. The predicted octanol–water partition coefficient (Wildman–Crippen LogP) is 3.34. The lowest BCUT2D eigenvalue weighted by Crippen LogP contribution is -1.94. The van der Waals surface area contributed by atoms with Crippen molar-refractivity contribution < 1.29 is 9.90 Å². The molecule has 1 N–H and O–H groups in total. The van der Waals surface area contributed by atoms with Crippen LogP contribution in [0.4, 0.5) is 0 Å². The molecule has 0 bridgehead atoms. The predicted molar refractivity (Wildman–Crippen MR) is 70.7 cm³/mol. The van der Waals surface area contributed by atoms with Crippen LogP contribution in [0, 0.1) is 0 Å². The number of aromatic nitrogens is 1. The van der Waals surface area contributed by atoms with Gasteiger partial charge in [0.1, 0.15) is 5.75 Å². The van der Waals surface area contributed by atoms with Gasteiger partial charge in [0.2, 0.25) is 0 Å². The molecule has 0 aliphatic carbocycles. The number of ketones is 1. The number of carbonyl (C=O) groups is 1. The van der Waals surface area contributed by atoms with Crippen molar-refractivity contribution in [1.29, 1.82) is 0 Å². The van der Waals surface area contributed by atoms with Gasteiger partial charge in [-0.1, -0.05) is 17.7 Å². The van der Waals surface area contributed by atoms with Gasteiger partial charge in [0.15, 0.2) is 5.78 Å². The van der Waals surface area contributed by atoms with E-state index in [0.29, 0.717) is 5.02 Å². The zero-order chi connectivity index (χ0) is 13.0. The van der Waals surface area contributed by atoms with Gasteiger partial charge in [-0.05, 0) is 42.0 Å². The van der Waals surface area contributed by atoms with Crippen LogP contribution in [0.1, 0.15) is 15.9 Å². The minimum Gasteiger partial charge on any atom is -0.507 e. The Kier molecular flexibility index (Phi) is 3.75. The lowest BCUT2D eigenvalue weighted by molar-refractivity contribution is 0.104. The molecule has 0 saturated carbocycles. The number of halogens is 1. The number of pyridine rings is 1. The monoisotopic (exact) mass is 259 g/mol. The van der Waals surface area contributed by atoms with Gasteiger partial charge in [-0.3, -0.25) is 9.78 Å². The second kappa shape index (κ2) is 5.47. The van der Waals surface area contributed by atoms with Gasteiger partial charge in [0.25, 0.3) is 0 Å². The van der Waals surface area contributed by atoms with E-state index in [0.717, 1.165) is 5.56 Å². The average molecular weight is 260 g/mol. The third-order valence-electron chi connectivity index (χ3n) is 2.34. The van der Waals surface area contributed by atoms with Crippen LogP contribution in [0.25, 0.3) is 6.08 Å². The van der Waals surface area contributed by atoms with E-state index in [9.17, 15) is 9.90 Å². The number of benzene rings is 1. The Labute approximate surface area is 109 Å². The van der Waals surface area contributed by atoms with Crippen LogP contribution < -0.4 is 0 Å². The van der Waals surface area contributed by atoms with Crippen molar-refractivity contribution in [3.05, 3.63) is 65.0 Å². The largest absolute Gasteiger partial charge is 0.507 e. The molecule has 0 radical (unpaired) electrons. The molecule has 0 aliphatic rings. The highest BCUT2D eigenvalue weighted by Crippen LogP contribution is 2.22. The van der Waals surface area contributed by atoms with E-state index in [2.05, 4.69) is 4.98 Å². The fourth-order valence-corrected chi connectivity index (χ4v) is 1.61. The number of nitrogens with zero attached hydrogens (tertiary/aromatic N) is 1. The van der Waals surface area contributed by atoms with E-state index in [1.54, 1.807) is 24.5 Å². The van der Waals surface area contributed by atoms with Crippen LogP contribution in [0.3, 0.4) is 0 Å². The highest BCUT2D eigenvalue weighted by atomic mass is 35.5. The minimum atomic E-state index is -0.307. The summed E-state index contributed by atoms with van der Waals surface area (Å²) in [7, 11) is 0. The van der Waals surface area contributed by atoms with Crippen LogP contribution in [-0.4, -0.2) is 15.9 Å². The third kappa shape index (κ3) is 2.96. The number of rotatable bonds is 3. The molecular weight excluding hydrogens is 250 g/mol. The molecule has 3 nitrogen and oxygen atoms in total. The van der Waals surface area contributed by atoms with Crippen LogP contribution in [0.2, 0.25) is 5.02 Å². The van der Waals surface area contributed by atoms with Crippen LogP contribution in [0.15, 0.2) is 48.8 Å². The fraction of sp³-hybridized carbons (Fsp3) is 0.